The molecule has 0 fully saturated rings. The van der Waals surface area contributed by atoms with Crippen LogP contribution in [0.5, 0.6) is 0 Å². The minimum atomic E-state index is -3.26. The summed E-state index contributed by atoms with van der Waals surface area (Å²) >= 11 is 0. The molecule has 0 heterocycles. The number of aliphatic imine (C=N–C) groups is 1. The van der Waals surface area contributed by atoms with Gasteiger partial charge < -0.3 is 10.6 Å². The summed E-state index contributed by atoms with van der Waals surface area (Å²) in [4.78, 5) is 4.59. The van der Waals surface area contributed by atoms with Gasteiger partial charge in [-0.2, -0.15) is 0 Å². The average Bonchev–Trinajstić information content (AvgIpc) is 2.56. The van der Waals surface area contributed by atoms with Gasteiger partial charge in [-0.25, -0.2) is 18.1 Å². The van der Waals surface area contributed by atoms with Gasteiger partial charge in [-0.15, -0.1) is 0 Å². The molecule has 1 aromatic rings. The third kappa shape index (κ3) is 9.45. The minimum absolute atomic E-state index is 0.0193. The highest BCUT2D eigenvalue weighted by molar-refractivity contribution is 7.88. The van der Waals surface area contributed by atoms with E-state index in [1.54, 1.807) is 0 Å². The predicted octanol–water partition coefficient (Wildman–Crippen LogP) is 2.23. The normalized spacial score (nSPS) is 12.4. The van der Waals surface area contributed by atoms with Gasteiger partial charge >= 0.3 is 0 Å². The first kappa shape index (κ1) is 21.4. The number of guanidine groups is 1. The van der Waals surface area contributed by atoms with Crippen LogP contribution in [0.15, 0.2) is 29.3 Å². The van der Waals surface area contributed by atoms with Crippen LogP contribution in [0.25, 0.3) is 0 Å². The molecule has 7 heteroatoms. The summed E-state index contributed by atoms with van der Waals surface area (Å²) in [5.74, 6) is 1.48. The summed E-state index contributed by atoms with van der Waals surface area (Å²) in [6.45, 7) is 8.68. The lowest BCUT2D eigenvalue weighted by atomic mass is 10.1. The van der Waals surface area contributed by atoms with Gasteiger partial charge in [0.15, 0.2) is 5.96 Å². The molecule has 0 unspecified atom stereocenters. The molecular weight excluding hydrogens is 336 g/mol. The van der Waals surface area contributed by atoms with Crippen molar-refractivity contribution < 1.29 is 8.42 Å². The van der Waals surface area contributed by atoms with E-state index in [1.807, 2.05) is 31.2 Å². The van der Waals surface area contributed by atoms with Crippen LogP contribution in [0.1, 0.15) is 44.7 Å². The quantitative estimate of drug-likeness (QED) is 0.336. The Morgan fingerprint density at radius 2 is 1.92 bits per heavy atom. The molecule has 0 saturated heterocycles. The van der Waals surface area contributed by atoms with E-state index in [2.05, 4.69) is 34.2 Å². The fraction of sp³-hybridized carbons (Fsp3) is 0.611. The largest absolute Gasteiger partial charge is 0.357 e. The second kappa shape index (κ2) is 11.1. The molecule has 0 saturated carbocycles. The van der Waals surface area contributed by atoms with Gasteiger partial charge in [0, 0.05) is 13.1 Å². The van der Waals surface area contributed by atoms with Crippen LogP contribution in [0, 0.1) is 5.92 Å². The number of hydrogen-bond donors (Lipinski definition) is 3. The fourth-order valence-corrected chi connectivity index (χ4v) is 3.10. The van der Waals surface area contributed by atoms with E-state index in [4.69, 9.17) is 0 Å². The number of nitrogens with one attached hydrogen (secondary N) is 3. The monoisotopic (exact) mass is 368 g/mol. The zero-order chi connectivity index (χ0) is 18.7. The summed E-state index contributed by atoms with van der Waals surface area (Å²) < 4.78 is 25.7. The van der Waals surface area contributed by atoms with Crippen molar-refractivity contribution in [2.75, 3.05) is 20.1 Å². The Kier molecular flexibility index (Phi) is 9.52. The number of rotatable bonds is 10. The van der Waals surface area contributed by atoms with E-state index in [9.17, 15) is 8.42 Å². The SMILES string of the molecule is CCNC(=NCc1cccc(CS(=O)(=O)NC)c1)NCCCC(C)C. The molecule has 0 amide bonds. The molecule has 6 nitrogen and oxygen atoms in total. The zero-order valence-electron chi connectivity index (χ0n) is 15.8. The van der Waals surface area contributed by atoms with Crippen molar-refractivity contribution >= 4 is 16.0 Å². The molecule has 25 heavy (non-hydrogen) atoms. The van der Waals surface area contributed by atoms with Crippen molar-refractivity contribution in [2.45, 2.75) is 45.9 Å². The molecule has 0 atom stereocenters. The lowest BCUT2D eigenvalue weighted by Gasteiger charge is -2.12. The summed E-state index contributed by atoms with van der Waals surface area (Å²) in [6.07, 6.45) is 2.30. The molecule has 0 radical (unpaired) electrons. The Balaban J connectivity index is 2.66. The predicted molar refractivity (Wildman–Crippen MR) is 105 cm³/mol. The van der Waals surface area contributed by atoms with Gasteiger partial charge in [0.2, 0.25) is 10.0 Å². The summed E-state index contributed by atoms with van der Waals surface area (Å²) in [5.41, 5.74) is 1.75. The smallest absolute Gasteiger partial charge is 0.215 e. The van der Waals surface area contributed by atoms with Gasteiger partial charge in [0.25, 0.3) is 0 Å². The Hall–Kier alpha value is -1.60. The third-order valence-electron chi connectivity index (χ3n) is 3.67. The minimum Gasteiger partial charge on any atom is -0.357 e. The molecular formula is C18H32N4O2S. The van der Waals surface area contributed by atoms with Crippen LogP contribution < -0.4 is 15.4 Å². The van der Waals surface area contributed by atoms with Crippen molar-refractivity contribution in [1.29, 1.82) is 0 Å². The molecule has 3 N–H and O–H groups in total. The number of hydrogen-bond acceptors (Lipinski definition) is 3. The molecule has 1 rings (SSSR count). The van der Waals surface area contributed by atoms with Crippen molar-refractivity contribution in [2.24, 2.45) is 10.9 Å². The maximum atomic E-state index is 11.7. The highest BCUT2D eigenvalue weighted by Crippen LogP contribution is 2.09. The number of benzene rings is 1. The van der Waals surface area contributed by atoms with E-state index in [0.717, 1.165) is 36.6 Å². The molecule has 0 aliphatic carbocycles. The molecule has 0 spiro atoms. The topological polar surface area (TPSA) is 82.6 Å². The van der Waals surface area contributed by atoms with Crippen molar-refractivity contribution in [3.05, 3.63) is 35.4 Å². The van der Waals surface area contributed by atoms with Crippen molar-refractivity contribution in [3.8, 4) is 0 Å². The van der Waals surface area contributed by atoms with E-state index < -0.39 is 10.0 Å². The van der Waals surface area contributed by atoms with E-state index in [-0.39, 0.29) is 5.75 Å². The van der Waals surface area contributed by atoms with Crippen LogP contribution in [0.4, 0.5) is 0 Å². The first-order valence-electron chi connectivity index (χ1n) is 8.87. The zero-order valence-corrected chi connectivity index (χ0v) is 16.6. The van der Waals surface area contributed by atoms with Crippen molar-refractivity contribution in [1.82, 2.24) is 15.4 Å². The first-order valence-corrected chi connectivity index (χ1v) is 10.5. The maximum absolute atomic E-state index is 11.7. The standard InChI is InChI=1S/C18H32N4O2S/c1-5-20-18(21-11-7-8-15(2)3)22-13-16-9-6-10-17(12-16)14-25(23,24)19-4/h6,9-10,12,15,19H,5,7-8,11,13-14H2,1-4H3,(H2,20,21,22). The van der Waals surface area contributed by atoms with Crippen molar-refractivity contribution in [3.63, 3.8) is 0 Å². The number of nitrogens with zero attached hydrogens (tertiary/aromatic N) is 1. The average molecular weight is 369 g/mol. The second-order valence-corrected chi connectivity index (χ2v) is 8.37. The molecule has 0 aromatic heterocycles. The van der Waals surface area contributed by atoms with Gasteiger partial charge in [0.05, 0.1) is 12.3 Å². The summed E-state index contributed by atoms with van der Waals surface area (Å²) in [6, 6.07) is 7.54. The Labute approximate surface area is 152 Å². The Morgan fingerprint density at radius 3 is 2.56 bits per heavy atom. The molecule has 0 aliphatic heterocycles. The lowest BCUT2D eigenvalue weighted by Crippen LogP contribution is -2.37. The van der Waals surface area contributed by atoms with Gasteiger partial charge in [0.1, 0.15) is 0 Å². The van der Waals surface area contributed by atoms with Crippen LogP contribution in [0.3, 0.4) is 0 Å². The van der Waals surface area contributed by atoms with E-state index in [1.165, 1.54) is 13.5 Å². The highest BCUT2D eigenvalue weighted by Gasteiger charge is 2.08. The summed E-state index contributed by atoms with van der Waals surface area (Å²) in [5, 5.41) is 6.58. The Bertz CT molecular complexity index is 642. The van der Waals surface area contributed by atoms with Crippen LogP contribution in [-0.2, 0) is 22.3 Å². The molecule has 142 valence electrons. The highest BCUT2D eigenvalue weighted by atomic mass is 32.2. The van der Waals surface area contributed by atoms with E-state index in [0.29, 0.717) is 12.5 Å². The number of sulfonamides is 1. The molecule has 0 bridgehead atoms. The third-order valence-corrected chi connectivity index (χ3v) is 5.01. The Morgan fingerprint density at radius 1 is 1.20 bits per heavy atom. The lowest BCUT2D eigenvalue weighted by molar-refractivity contribution is 0.549. The van der Waals surface area contributed by atoms with E-state index >= 15 is 0 Å². The second-order valence-electron chi connectivity index (χ2n) is 6.44. The maximum Gasteiger partial charge on any atom is 0.215 e. The molecule has 0 aliphatic rings. The van der Waals surface area contributed by atoms with Gasteiger partial charge in [-0.05, 0) is 43.9 Å². The van der Waals surface area contributed by atoms with Gasteiger partial charge in [-0.1, -0.05) is 38.1 Å². The summed E-state index contributed by atoms with van der Waals surface area (Å²) in [7, 11) is -1.83. The van der Waals surface area contributed by atoms with Gasteiger partial charge in [-0.3, -0.25) is 0 Å². The fourth-order valence-electron chi connectivity index (χ4n) is 2.34. The van der Waals surface area contributed by atoms with Crippen LogP contribution >= 0.6 is 0 Å². The van der Waals surface area contributed by atoms with Crippen LogP contribution in [0.2, 0.25) is 0 Å². The first-order chi connectivity index (χ1) is 11.9. The molecule has 1 aromatic carbocycles. The van der Waals surface area contributed by atoms with Crippen LogP contribution in [-0.4, -0.2) is 34.5 Å².